The third-order valence-electron chi connectivity index (χ3n) is 4.73. The maximum absolute atomic E-state index is 4.56. The van der Waals surface area contributed by atoms with Crippen molar-refractivity contribution in [1.29, 1.82) is 0 Å². The quantitative estimate of drug-likeness (QED) is 0.471. The normalized spacial score (nSPS) is 14.2. The standard InChI is InChI=1S/C19H17N5S2/c1-11-12(2)25-17-15(11)18(21-10-20-17)26-19-23-22-16(13-8-9-13)24(19)14-6-4-3-5-7-14/h3-7,10,13H,8-9H2,1-2H3. The maximum Gasteiger partial charge on any atom is 0.202 e. The van der Waals surface area contributed by atoms with Gasteiger partial charge >= 0.3 is 0 Å². The molecule has 4 aromatic rings. The Morgan fingerprint density at radius 1 is 1.08 bits per heavy atom. The number of hydrogen-bond donors (Lipinski definition) is 0. The van der Waals surface area contributed by atoms with E-state index < -0.39 is 0 Å². The average molecular weight is 380 g/mol. The minimum Gasteiger partial charge on any atom is -0.273 e. The number of aromatic nitrogens is 5. The molecule has 0 saturated heterocycles. The van der Waals surface area contributed by atoms with Crippen molar-refractivity contribution in [3.05, 3.63) is 52.9 Å². The van der Waals surface area contributed by atoms with Gasteiger partial charge in [0, 0.05) is 21.9 Å². The fourth-order valence-corrected chi connectivity index (χ4v) is 5.14. The zero-order valence-corrected chi connectivity index (χ0v) is 16.1. The molecule has 7 heteroatoms. The zero-order valence-electron chi connectivity index (χ0n) is 14.5. The van der Waals surface area contributed by atoms with Crippen molar-refractivity contribution in [3.8, 4) is 5.69 Å². The molecule has 0 bridgehead atoms. The lowest BCUT2D eigenvalue weighted by atomic mass is 10.2. The van der Waals surface area contributed by atoms with E-state index in [0.717, 1.165) is 31.9 Å². The van der Waals surface area contributed by atoms with Gasteiger partial charge < -0.3 is 0 Å². The molecule has 1 saturated carbocycles. The van der Waals surface area contributed by atoms with Gasteiger partial charge in [0.25, 0.3) is 0 Å². The Hall–Kier alpha value is -2.25. The second-order valence-electron chi connectivity index (χ2n) is 6.53. The van der Waals surface area contributed by atoms with Crippen LogP contribution in [0.4, 0.5) is 0 Å². The molecule has 0 amide bonds. The van der Waals surface area contributed by atoms with Crippen LogP contribution in [0.3, 0.4) is 0 Å². The van der Waals surface area contributed by atoms with Crippen LogP contribution in [0.1, 0.15) is 35.0 Å². The maximum atomic E-state index is 4.56. The van der Waals surface area contributed by atoms with E-state index in [1.807, 2.05) is 6.07 Å². The summed E-state index contributed by atoms with van der Waals surface area (Å²) in [6.45, 7) is 4.27. The second-order valence-corrected chi connectivity index (χ2v) is 8.69. The molecule has 0 atom stereocenters. The Labute approximate surface area is 159 Å². The van der Waals surface area contributed by atoms with Gasteiger partial charge in [0.1, 0.15) is 22.0 Å². The monoisotopic (exact) mass is 379 g/mol. The molecule has 0 unspecified atom stereocenters. The smallest absolute Gasteiger partial charge is 0.202 e. The summed E-state index contributed by atoms with van der Waals surface area (Å²) in [5.74, 6) is 1.58. The minimum absolute atomic E-state index is 0.521. The number of fused-ring (bicyclic) bond motifs is 1. The highest BCUT2D eigenvalue weighted by Gasteiger charge is 2.31. The molecule has 1 fully saturated rings. The summed E-state index contributed by atoms with van der Waals surface area (Å²) in [6.07, 6.45) is 4.03. The van der Waals surface area contributed by atoms with Crippen LogP contribution in [-0.2, 0) is 0 Å². The van der Waals surface area contributed by atoms with E-state index in [9.17, 15) is 0 Å². The lowest BCUT2D eigenvalue weighted by Gasteiger charge is -2.09. The van der Waals surface area contributed by atoms with Gasteiger partial charge in [0.15, 0.2) is 0 Å². The fourth-order valence-electron chi connectivity index (χ4n) is 3.09. The lowest BCUT2D eigenvalue weighted by molar-refractivity contribution is 0.828. The third kappa shape index (κ3) is 2.62. The van der Waals surface area contributed by atoms with Crippen LogP contribution in [0.15, 0.2) is 46.8 Å². The van der Waals surface area contributed by atoms with Crippen LogP contribution in [-0.4, -0.2) is 24.7 Å². The van der Waals surface area contributed by atoms with Gasteiger partial charge in [0.05, 0.1) is 0 Å². The van der Waals surface area contributed by atoms with Crippen LogP contribution in [0.2, 0.25) is 0 Å². The van der Waals surface area contributed by atoms with E-state index in [0.29, 0.717) is 5.92 Å². The molecule has 1 aromatic carbocycles. The molecule has 1 aliphatic rings. The summed E-state index contributed by atoms with van der Waals surface area (Å²) in [5, 5.41) is 12.0. The van der Waals surface area contributed by atoms with Crippen molar-refractivity contribution in [2.75, 3.05) is 0 Å². The summed E-state index contributed by atoms with van der Waals surface area (Å²) < 4.78 is 2.19. The first kappa shape index (κ1) is 16.0. The highest BCUT2D eigenvalue weighted by atomic mass is 32.2. The largest absolute Gasteiger partial charge is 0.273 e. The van der Waals surface area contributed by atoms with Gasteiger partial charge in [-0.1, -0.05) is 18.2 Å². The number of nitrogens with zero attached hydrogens (tertiary/aromatic N) is 5. The highest BCUT2D eigenvalue weighted by molar-refractivity contribution is 7.99. The van der Waals surface area contributed by atoms with Crippen molar-refractivity contribution >= 4 is 33.3 Å². The van der Waals surface area contributed by atoms with Gasteiger partial charge in [-0.2, -0.15) is 0 Å². The van der Waals surface area contributed by atoms with Crippen LogP contribution in [0, 0.1) is 13.8 Å². The molecule has 5 nitrogen and oxygen atoms in total. The van der Waals surface area contributed by atoms with Crippen molar-refractivity contribution in [2.24, 2.45) is 0 Å². The summed E-state index contributed by atoms with van der Waals surface area (Å²) in [5.41, 5.74) is 2.35. The molecule has 130 valence electrons. The van der Waals surface area contributed by atoms with Crippen LogP contribution in [0.25, 0.3) is 15.9 Å². The van der Waals surface area contributed by atoms with Crippen LogP contribution < -0.4 is 0 Å². The predicted molar refractivity (Wildman–Crippen MR) is 104 cm³/mol. The predicted octanol–water partition coefficient (Wildman–Crippen LogP) is 4.92. The first-order chi connectivity index (χ1) is 12.7. The Kier molecular flexibility index (Phi) is 3.79. The summed E-state index contributed by atoms with van der Waals surface area (Å²) in [7, 11) is 0. The molecular formula is C19H17N5S2. The molecule has 5 rings (SSSR count). The third-order valence-corrected chi connectivity index (χ3v) is 6.80. The summed E-state index contributed by atoms with van der Waals surface area (Å²) in [6, 6.07) is 10.3. The van der Waals surface area contributed by atoms with E-state index >= 15 is 0 Å². The zero-order chi connectivity index (χ0) is 17.7. The highest BCUT2D eigenvalue weighted by Crippen LogP contribution is 2.43. The molecule has 3 aromatic heterocycles. The molecule has 0 aliphatic heterocycles. The number of aryl methyl sites for hydroxylation is 2. The Morgan fingerprint density at radius 2 is 1.88 bits per heavy atom. The molecule has 1 aliphatic carbocycles. The van der Waals surface area contributed by atoms with E-state index in [1.165, 1.54) is 23.3 Å². The number of benzene rings is 1. The number of rotatable bonds is 4. The second kappa shape index (κ2) is 6.17. The first-order valence-corrected chi connectivity index (χ1v) is 10.2. The summed E-state index contributed by atoms with van der Waals surface area (Å²) >= 11 is 3.29. The molecular weight excluding hydrogens is 362 g/mol. The topological polar surface area (TPSA) is 56.5 Å². The Morgan fingerprint density at radius 3 is 2.65 bits per heavy atom. The van der Waals surface area contributed by atoms with Gasteiger partial charge in [-0.15, -0.1) is 21.5 Å². The SMILES string of the molecule is Cc1sc2ncnc(Sc3nnc(C4CC4)n3-c3ccccc3)c2c1C. The number of thiophene rings is 1. The lowest BCUT2D eigenvalue weighted by Crippen LogP contribution is -2.01. The number of hydrogen-bond acceptors (Lipinski definition) is 6. The molecule has 0 N–H and O–H groups in total. The fraction of sp³-hybridized carbons (Fsp3) is 0.263. The van der Waals surface area contributed by atoms with E-state index in [-0.39, 0.29) is 0 Å². The average Bonchev–Trinajstić information content (AvgIpc) is 3.35. The summed E-state index contributed by atoms with van der Waals surface area (Å²) in [4.78, 5) is 11.3. The molecule has 3 heterocycles. The first-order valence-electron chi connectivity index (χ1n) is 8.61. The van der Waals surface area contributed by atoms with Crippen molar-refractivity contribution in [1.82, 2.24) is 24.7 Å². The van der Waals surface area contributed by atoms with Gasteiger partial charge in [-0.25, -0.2) is 9.97 Å². The van der Waals surface area contributed by atoms with Crippen LogP contribution >= 0.6 is 23.1 Å². The molecule has 0 spiro atoms. The van der Waals surface area contributed by atoms with Crippen molar-refractivity contribution in [2.45, 2.75) is 42.8 Å². The van der Waals surface area contributed by atoms with Gasteiger partial charge in [-0.3, -0.25) is 4.57 Å². The van der Waals surface area contributed by atoms with Crippen molar-refractivity contribution in [3.63, 3.8) is 0 Å². The molecule has 26 heavy (non-hydrogen) atoms. The van der Waals surface area contributed by atoms with Gasteiger partial charge in [-0.05, 0) is 56.1 Å². The minimum atomic E-state index is 0.521. The Bertz CT molecular complexity index is 1100. The van der Waals surface area contributed by atoms with Crippen molar-refractivity contribution < 1.29 is 0 Å². The van der Waals surface area contributed by atoms with Gasteiger partial charge in [0.2, 0.25) is 5.16 Å². The van der Waals surface area contributed by atoms with E-state index in [2.05, 4.69) is 62.8 Å². The van der Waals surface area contributed by atoms with E-state index in [4.69, 9.17) is 0 Å². The van der Waals surface area contributed by atoms with Crippen LogP contribution in [0.5, 0.6) is 0 Å². The van der Waals surface area contributed by atoms with E-state index in [1.54, 1.807) is 29.4 Å². The number of para-hydroxylation sites is 1. The molecule has 0 radical (unpaired) electrons. The Balaban J connectivity index is 1.64.